The Morgan fingerprint density at radius 3 is 2.82 bits per heavy atom. The van der Waals surface area contributed by atoms with E-state index in [1.165, 1.54) is 0 Å². The molecule has 3 rings (SSSR count). The van der Waals surface area contributed by atoms with Crippen molar-refractivity contribution in [2.24, 2.45) is 0 Å². The van der Waals surface area contributed by atoms with E-state index in [1.807, 2.05) is 48.7 Å². The van der Waals surface area contributed by atoms with Crippen molar-refractivity contribution < 1.29 is 0 Å². The molecule has 0 saturated carbocycles. The number of hydrogen-bond acceptors (Lipinski definition) is 5. The van der Waals surface area contributed by atoms with E-state index in [9.17, 15) is 0 Å². The van der Waals surface area contributed by atoms with Crippen LogP contribution < -0.4 is 10.6 Å². The second-order valence-electron chi connectivity index (χ2n) is 4.62. The summed E-state index contributed by atoms with van der Waals surface area (Å²) in [5.74, 6) is 1.31. The summed E-state index contributed by atoms with van der Waals surface area (Å²) in [7, 11) is 0. The molecule has 22 heavy (non-hydrogen) atoms. The predicted molar refractivity (Wildman–Crippen MR) is 91.0 cm³/mol. The molecule has 2 aromatic heterocycles. The maximum Gasteiger partial charge on any atom is 0.224 e. The Labute approximate surface area is 137 Å². The van der Waals surface area contributed by atoms with E-state index in [0.717, 1.165) is 21.5 Å². The van der Waals surface area contributed by atoms with Gasteiger partial charge in [0.1, 0.15) is 5.82 Å². The van der Waals surface area contributed by atoms with E-state index in [4.69, 9.17) is 0 Å². The summed E-state index contributed by atoms with van der Waals surface area (Å²) in [6.45, 7) is 0.633. The van der Waals surface area contributed by atoms with Crippen molar-refractivity contribution in [3.63, 3.8) is 0 Å². The van der Waals surface area contributed by atoms with E-state index in [2.05, 4.69) is 41.5 Å². The minimum atomic E-state index is 0.573. The van der Waals surface area contributed by atoms with Crippen LogP contribution in [0.4, 0.5) is 17.5 Å². The molecule has 0 saturated heterocycles. The van der Waals surface area contributed by atoms with Crippen LogP contribution in [-0.2, 0) is 6.54 Å². The average Bonchev–Trinajstić information content (AvgIpc) is 2.54. The Hall–Kier alpha value is -2.47. The molecule has 110 valence electrons. The highest BCUT2D eigenvalue weighted by atomic mass is 79.9. The first-order chi connectivity index (χ1) is 10.8. The van der Waals surface area contributed by atoms with E-state index >= 15 is 0 Å². The van der Waals surface area contributed by atoms with Gasteiger partial charge in [-0.1, -0.05) is 28.1 Å². The van der Waals surface area contributed by atoms with Crippen LogP contribution >= 0.6 is 15.9 Å². The highest BCUT2D eigenvalue weighted by Gasteiger charge is 2.01. The number of halogens is 1. The highest BCUT2D eigenvalue weighted by molar-refractivity contribution is 9.10. The molecule has 2 heterocycles. The van der Waals surface area contributed by atoms with Crippen LogP contribution in [0.5, 0.6) is 0 Å². The van der Waals surface area contributed by atoms with Crippen molar-refractivity contribution in [3.8, 4) is 0 Å². The maximum absolute atomic E-state index is 4.44. The Bertz CT molecular complexity index is 748. The smallest absolute Gasteiger partial charge is 0.224 e. The SMILES string of the molecule is Brc1cccc(Nc2ccnc(NCc3cccnc3)n2)c1. The van der Waals surface area contributed by atoms with Gasteiger partial charge >= 0.3 is 0 Å². The van der Waals surface area contributed by atoms with Gasteiger partial charge in [-0.3, -0.25) is 4.98 Å². The third-order valence-corrected chi connectivity index (χ3v) is 3.42. The largest absolute Gasteiger partial charge is 0.350 e. The first kappa shape index (κ1) is 14.5. The van der Waals surface area contributed by atoms with Gasteiger partial charge in [-0.15, -0.1) is 0 Å². The molecule has 0 aliphatic heterocycles. The van der Waals surface area contributed by atoms with Crippen LogP contribution in [0.15, 0.2) is 65.5 Å². The van der Waals surface area contributed by atoms with Crippen molar-refractivity contribution >= 4 is 33.4 Å². The van der Waals surface area contributed by atoms with Crippen molar-refractivity contribution in [1.82, 2.24) is 15.0 Å². The zero-order valence-electron chi connectivity index (χ0n) is 11.7. The molecule has 0 fully saturated rings. The molecule has 0 spiro atoms. The normalized spacial score (nSPS) is 10.2. The number of benzene rings is 1. The molecule has 1 aromatic carbocycles. The molecule has 0 bridgehead atoms. The summed E-state index contributed by atoms with van der Waals surface area (Å²) in [5, 5.41) is 6.44. The lowest BCUT2D eigenvalue weighted by Crippen LogP contribution is -2.05. The van der Waals surface area contributed by atoms with Crippen LogP contribution in [0, 0.1) is 0 Å². The van der Waals surface area contributed by atoms with Gasteiger partial charge in [0.25, 0.3) is 0 Å². The van der Waals surface area contributed by atoms with Crippen LogP contribution in [0.1, 0.15) is 5.56 Å². The monoisotopic (exact) mass is 355 g/mol. The fourth-order valence-electron chi connectivity index (χ4n) is 1.91. The molecule has 6 heteroatoms. The number of hydrogen-bond donors (Lipinski definition) is 2. The van der Waals surface area contributed by atoms with Crippen molar-refractivity contribution in [2.75, 3.05) is 10.6 Å². The van der Waals surface area contributed by atoms with Gasteiger partial charge in [-0.25, -0.2) is 4.98 Å². The minimum absolute atomic E-state index is 0.573. The molecule has 0 atom stereocenters. The summed E-state index contributed by atoms with van der Waals surface area (Å²) in [6.07, 6.45) is 5.29. The lowest BCUT2D eigenvalue weighted by molar-refractivity contribution is 1.04. The fourth-order valence-corrected chi connectivity index (χ4v) is 2.31. The number of aromatic nitrogens is 3. The van der Waals surface area contributed by atoms with Gasteiger partial charge in [-0.2, -0.15) is 4.98 Å². The van der Waals surface area contributed by atoms with Gasteiger partial charge in [0.05, 0.1) is 0 Å². The molecular weight excluding hydrogens is 342 g/mol. The van der Waals surface area contributed by atoms with Gasteiger partial charge < -0.3 is 10.6 Å². The molecule has 0 aliphatic rings. The number of pyridine rings is 1. The summed E-state index contributed by atoms with van der Waals surface area (Å²) in [5.41, 5.74) is 2.04. The first-order valence-corrected chi connectivity index (χ1v) is 7.57. The minimum Gasteiger partial charge on any atom is -0.350 e. The molecule has 5 nitrogen and oxygen atoms in total. The topological polar surface area (TPSA) is 62.7 Å². The number of nitrogens with one attached hydrogen (secondary N) is 2. The first-order valence-electron chi connectivity index (χ1n) is 6.78. The summed E-state index contributed by atoms with van der Waals surface area (Å²) < 4.78 is 1.02. The zero-order valence-corrected chi connectivity index (χ0v) is 13.3. The molecule has 2 N–H and O–H groups in total. The van der Waals surface area contributed by atoms with Crippen LogP contribution in [0.3, 0.4) is 0 Å². The standard InChI is InChI=1S/C16H14BrN5/c17-13-4-1-5-14(9-13)21-15-6-8-19-16(22-15)20-11-12-3-2-7-18-10-12/h1-10H,11H2,(H2,19,20,21,22). The van der Waals surface area contributed by atoms with E-state index in [1.54, 1.807) is 12.4 Å². The lowest BCUT2D eigenvalue weighted by atomic mass is 10.3. The molecule has 0 amide bonds. The molecule has 0 aliphatic carbocycles. The molecular formula is C16H14BrN5. The fraction of sp³-hybridized carbons (Fsp3) is 0.0625. The van der Waals surface area contributed by atoms with Crippen molar-refractivity contribution in [3.05, 3.63) is 71.1 Å². The number of anilines is 3. The zero-order chi connectivity index (χ0) is 15.2. The van der Waals surface area contributed by atoms with Crippen molar-refractivity contribution in [2.45, 2.75) is 6.54 Å². The molecule has 3 aromatic rings. The Balaban J connectivity index is 1.67. The second kappa shape index (κ2) is 7.00. The lowest BCUT2D eigenvalue weighted by Gasteiger charge is -2.08. The second-order valence-corrected chi connectivity index (χ2v) is 5.53. The van der Waals surface area contributed by atoms with E-state index < -0.39 is 0 Å². The average molecular weight is 356 g/mol. The third kappa shape index (κ3) is 4.02. The molecule has 0 radical (unpaired) electrons. The Morgan fingerprint density at radius 1 is 1.05 bits per heavy atom. The Kier molecular flexibility index (Phi) is 4.60. The third-order valence-electron chi connectivity index (χ3n) is 2.93. The predicted octanol–water partition coefficient (Wildman–Crippen LogP) is 3.99. The molecule has 0 unspecified atom stereocenters. The quantitative estimate of drug-likeness (QED) is 0.724. The van der Waals surface area contributed by atoms with Crippen molar-refractivity contribution in [1.29, 1.82) is 0 Å². The summed E-state index contributed by atoms with van der Waals surface area (Å²) in [6, 6.07) is 13.7. The number of rotatable bonds is 5. The van der Waals surface area contributed by atoms with Crippen LogP contribution in [-0.4, -0.2) is 15.0 Å². The van der Waals surface area contributed by atoms with Gasteiger partial charge in [-0.05, 0) is 35.9 Å². The highest BCUT2D eigenvalue weighted by Crippen LogP contribution is 2.19. The Morgan fingerprint density at radius 2 is 2.00 bits per heavy atom. The maximum atomic E-state index is 4.44. The van der Waals surface area contributed by atoms with E-state index in [-0.39, 0.29) is 0 Å². The van der Waals surface area contributed by atoms with Crippen LogP contribution in [0.2, 0.25) is 0 Å². The van der Waals surface area contributed by atoms with E-state index in [0.29, 0.717) is 12.5 Å². The number of nitrogens with zero attached hydrogens (tertiary/aromatic N) is 3. The van der Waals surface area contributed by atoms with Gasteiger partial charge in [0.15, 0.2) is 0 Å². The summed E-state index contributed by atoms with van der Waals surface area (Å²) >= 11 is 3.45. The van der Waals surface area contributed by atoms with Gasteiger partial charge in [0, 0.05) is 35.3 Å². The summed E-state index contributed by atoms with van der Waals surface area (Å²) in [4.78, 5) is 12.7. The van der Waals surface area contributed by atoms with Crippen LogP contribution in [0.25, 0.3) is 0 Å². The van der Waals surface area contributed by atoms with Gasteiger partial charge in [0.2, 0.25) is 5.95 Å².